The molecule has 2 N–H and O–H groups in total. The summed E-state index contributed by atoms with van der Waals surface area (Å²) in [4.78, 5) is 9.77. The molecule has 0 bridgehead atoms. The maximum atomic E-state index is 5.77. The summed E-state index contributed by atoms with van der Waals surface area (Å²) in [6.45, 7) is 17.9. The Morgan fingerprint density at radius 3 is 2.73 bits per heavy atom. The fraction of sp³-hybridized carbons (Fsp3) is 0.720. The molecular weight excluding hydrogens is 529 g/mol. The van der Waals surface area contributed by atoms with Crippen LogP contribution in [-0.4, -0.2) is 89.6 Å². The van der Waals surface area contributed by atoms with E-state index in [9.17, 15) is 0 Å². The van der Waals surface area contributed by atoms with E-state index in [1.165, 1.54) is 16.8 Å². The number of nitrogens with zero attached hydrogens (tertiary/aromatic N) is 3. The molecule has 1 unspecified atom stereocenters. The van der Waals surface area contributed by atoms with Crippen molar-refractivity contribution in [2.45, 2.75) is 33.6 Å². The van der Waals surface area contributed by atoms with Crippen LogP contribution in [0.2, 0.25) is 0 Å². The van der Waals surface area contributed by atoms with Crippen LogP contribution in [-0.2, 0) is 9.47 Å². The lowest BCUT2D eigenvalue weighted by Gasteiger charge is -2.37. The number of benzene rings is 1. The summed E-state index contributed by atoms with van der Waals surface area (Å²) >= 11 is 0. The lowest BCUT2D eigenvalue weighted by molar-refractivity contribution is 0.0893. The number of anilines is 1. The van der Waals surface area contributed by atoms with Gasteiger partial charge in [0.2, 0.25) is 0 Å². The zero-order valence-electron chi connectivity index (χ0n) is 20.8. The number of halogens is 1. The van der Waals surface area contributed by atoms with Crippen LogP contribution in [0.15, 0.2) is 23.2 Å². The third-order valence-corrected chi connectivity index (χ3v) is 6.45. The van der Waals surface area contributed by atoms with Crippen molar-refractivity contribution in [3.05, 3.63) is 29.3 Å². The molecule has 33 heavy (non-hydrogen) atoms. The molecule has 3 rings (SSSR count). The largest absolute Gasteiger partial charge is 0.381 e. The van der Waals surface area contributed by atoms with E-state index in [0.29, 0.717) is 5.92 Å². The van der Waals surface area contributed by atoms with Gasteiger partial charge in [-0.15, -0.1) is 24.0 Å². The average Bonchev–Trinajstić information content (AvgIpc) is 3.32. The molecule has 0 aliphatic carbocycles. The average molecular weight is 574 g/mol. The summed E-state index contributed by atoms with van der Waals surface area (Å²) in [6, 6.07) is 6.63. The minimum Gasteiger partial charge on any atom is -0.381 e. The van der Waals surface area contributed by atoms with Crippen molar-refractivity contribution in [3.8, 4) is 0 Å². The Labute approximate surface area is 217 Å². The SMILES string of the molecule is CCNC(=NCCCOCC1CCOC1)NCCN1CCN(c2cccc(C)c2C)CC1.I. The molecule has 2 saturated heterocycles. The number of guanidine groups is 1. The Kier molecular flexibility index (Phi) is 13.4. The van der Waals surface area contributed by atoms with Crippen LogP contribution < -0.4 is 15.5 Å². The topological polar surface area (TPSA) is 61.4 Å². The molecule has 7 nitrogen and oxygen atoms in total. The van der Waals surface area contributed by atoms with Crippen LogP contribution in [0.1, 0.15) is 30.9 Å². The van der Waals surface area contributed by atoms with Gasteiger partial charge in [0.15, 0.2) is 5.96 Å². The second-order valence-electron chi connectivity index (χ2n) is 8.89. The first-order chi connectivity index (χ1) is 15.7. The number of rotatable bonds is 11. The lowest BCUT2D eigenvalue weighted by Crippen LogP contribution is -2.49. The highest BCUT2D eigenvalue weighted by Crippen LogP contribution is 2.23. The second-order valence-corrected chi connectivity index (χ2v) is 8.89. The predicted molar refractivity (Wildman–Crippen MR) is 148 cm³/mol. The summed E-state index contributed by atoms with van der Waals surface area (Å²) in [7, 11) is 0. The lowest BCUT2D eigenvalue weighted by atomic mass is 10.1. The van der Waals surface area contributed by atoms with E-state index in [4.69, 9.17) is 14.5 Å². The fourth-order valence-electron chi connectivity index (χ4n) is 4.29. The van der Waals surface area contributed by atoms with Gasteiger partial charge in [-0.1, -0.05) is 12.1 Å². The summed E-state index contributed by atoms with van der Waals surface area (Å²) < 4.78 is 11.2. The standard InChI is InChI=1S/C25H43N5O2.HI/c1-4-26-25(27-10-6-17-31-19-23-9-18-32-20-23)28-11-12-29-13-15-30(16-14-29)24-8-5-7-21(2)22(24)3;/h5,7-8,23H,4,6,9-20H2,1-3H3,(H2,26,27,28);1H. The Morgan fingerprint density at radius 2 is 2.00 bits per heavy atom. The molecule has 0 aromatic heterocycles. The third-order valence-electron chi connectivity index (χ3n) is 6.45. The first kappa shape index (κ1) is 28.1. The van der Waals surface area contributed by atoms with E-state index in [1.807, 2.05) is 0 Å². The van der Waals surface area contributed by atoms with Crippen LogP contribution in [0.3, 0.4) is 0 Å². The third kappa shape index (κ3) is 9.58. The van der Waals surface area contributed by atoms with Gasteiger partial charge < -0.3 is 25.0 Å². The number of hydrogen-bond donors (Lipinski definition) is 2. The molecule has 2 aliphatic heterocycles. The van der Waals surface area contributed by atoms with E-state index < -0.39 is 0 Å². The van der Waals surface area contributed by atoms with Gasteiger partial charge in [-0.05, 0) is 50.8 Å². The number of piperazine rings is 1. The van der Waals surface area contributed by atoms with Gasteiger partial charge in [0, 0.05) is 77.2 Å². The van der Waals surface area contributed by atoms with Crippen molar-refractivity contribution in [2.75, 3.05) is 83.7 Å². The fourth-order valence-corrected chi connectivity index (χ4v) is 4.29. The van der Waals surface area contributed by atoms with Gasteiger partial charge in [0.1, 0.15) is 0 Å². The maximum absolute atomic E-state index is 5.77. The molecule has 0 spiro atoms. The number of nitrogens with one attached hydrogen (secondary N) is 2. The molecular formula is C25H44IN5O2. The minimum atomic E-state index is 0. The van der Waals surface area contributed by atoms with Gasteiger partial charge in [-0.25, -0.2) is 0 Å². The summed E-state index contributed by atoms with van der Waals surface area (Å²) in [5, 5.41) is 6.84. The van der Waals surface area contributed by atoms with Crippen LogP contribution in [0, 0.1) is 19.8 Å². The molecule has 0 saturated carbocycles. The van der Waals surface area contributed by atoms with Crippen molar-refractivity contribution in [3.63, 3.8) is 0 Å². The Morgan fingerprint density at radius 1 is 1.18 bits per heavy atom. The molecule has 1 aromatic carbocycles. The van der Waals surface area contributed by atoms with Gasteiger partial charge in [0.05, 0.1) is 13.2 Å². The number of aliphatic imine (C=N–C) groups is 1. The Balaban J connectivity index is 0.00000385. The van der Waals surface area contributed by atoms with Gasteiger partial charge >= 0.3 is 0 Å². The molecule has 1 atom stereocenters. The van der Waals surface area contributed by atoms with Crippen LogP contribution in [0.4, 0.5) is 5.69 Å². The smallest absolute Gasteiger partial charge is 0.191 e. The Bertz CT molecular complexity index is 704. The summed E-state index contributed by atoms with van der Waals surface area (Å²) in [6.07, 6.45) is 2.08. The van der Waals surface area contributed by atoms with E-state index in [0.717, 1.165) is 97.6 Å². The van der Waals surface area contributed by atoms with Crippen molar-refractivity contribution in [2.24, 2.45) is 10.9 Å². The molecule has 2 fully saturated rings. The number of hydrogen-bond acceptors (Lipinski definition) is 5. The van der Waals surface area contributed by atoms with Crippen LogP contribution >= 0.6 is 24.0 Å². The van der Waals surface area contributed by atoms with E-state index >= 15 is 0 Å². The maximum Gasteiger partial charge on any atom is 0.191 e. The van der Waals surface area contributed by atoms with E-state index in [1.54, 1.807) is 0 Å². The van der Waals surface area contributed by atoms with Crippen LogP contribution in [0.25, 0.3) is 0 Å². The van der Waals surface area contributed by atoms with Gasteiger partial charge in [0.25, 0.3) is 0 Å². The zero-order chi connectivity index (χ0) is 22.6. The monoisotopic (exact) mass is 573 g/mol. The first-order valence-electron chi connectivity index (χ1n) is 12.4. The zero-order valence-corrected chi connectivity index (χ0v) is 23.1. The highest BCUT2D eigenvalue weighted by atomic mass is 127. The summed E-state index contributed by atoms with van der Waals surface area (Å²) in [5.41, 5.74) is 4.18. The molecule has 188 valence electrons. The quantitative estimate of drug-likeness (QED) is 0.184. The van der Waals surface area contributed by atoms with Crippen molar-refractivity contribution >= 4 is 35.6 Å². The second kappa shape index (κ2) is 15.7. The van der Waals surface area contributed by atoms with E-state index in [-0.39, 0.29) is 24.0 Å². The molecule has 1 aromatic rings. The normalized spacial score (nSPS) is 19.4. The van der Waals surface area contributed by atoms with Gasteiger partial charge in [-0.3, -0.25) is 9.89 Å². The Hall–Kier alpha value is -1.10. The number of aryl methyl sites for hydroxylation is 1. The van der Waals surface area contributed by atoms with Gasteiger partial charge in [-0.2, -0.15) is 0 Å². The van der Waals surface area contributed by atoms with E-state index in [2.05, 4.69) is 59.4 Å². The van der Waals surface area contributed by atoms with Crippen molar-refractivity contribution in [1.29, 1.82) is 0 Å². The minimum absolute atomic E-state index is 0. The summed E-state index contributed by atoms with van der Waals surface area (Å²) in [5.74, 6) is 1.49. The molecule has 0 amide bonds. The predicted octanol–water partition coefficient (Wildman–Crippen LogP) is 3.04. The van der Waals surface area contributed by atoms with Crippen molar-refractivity contribution < 1.29 is 9.47 Å². The highest BCUT2D eigenvalue weighted by Gasteiger charge is 2.18. The molecule has 2 heterocycles. The number of ether oxygens (including phenoxy) is 2. The highest BCUT2D eigenvalue weighted by molar-refractivity contribution is 14.0. The molecule has 0 radical (unpaired) electrons. The van der Waals surface area contributed by atoms with Crippen molar-refractivity contribution in [1.82, 2.24) is 15.5 Å². The van der Waals surface area contributed by atoms with Crippen LogP contribution in [0.5, 0.6) is 0 Å². The molecule has 2 aliphatic rings. The first-order valence-corrected chi connectivity index (χ1v) is 12.4. The molecule has 8 heteroatoms.